The van der Waals surface area contributed by atoms with Gasteiger partial charge in [0.05, 0.1) is 26.9 Å². The number of pyridine rings is 1. The van der Waals surface area contributed by atoms with Gasteiger partial charge in [-0.25, -0.2) is 9.48 Å². The van der Waals surface area contributed by atoms with E-state index in [1.54, 1.807) is 18.2 Å². The Morgan fingerprint density at radius 3 is 2.71 bits per heavy atom. The van der Waals surface area contributed by atoms with E-state index in [9.17, 15) is 24.9 Å². The lowest BCUT2D eigenvalue weighted by molar-refractivity contribution is -0.191. The SMILES string of the molecule is O=C(OC1CC2(C1)CN(CCCn1nnc3cc(CNC[C@H](O)c4ccc(O)c5[nH]c(=O)ccc45)c4c(c31)CCC4)C2)[C@@](O)(c1cccs1)c1cc2ccccc2s1. The molecule has 14 heteroatoms. The number of hydrogen-bond donors (Lipinski definition) is 5. The van der Waals surface area contributed by atoms with Gasteiger partial charge in [0.1, 0.15) is 17.4 Å². The molecular formula is C44H44N6O6S2. The van der Waals surface area contributed by atoms with Crippen LogP contribution in [0.3, 0.4) is 0 Å². The molecule has 10 rings (SSSR count). The molecule has 0 bridgehead atoms. The highest BCUT2D eigenvalue weighted by atomic mass is 32.1. The molecule has 298 valence electrons. The van der Waals surface area contributed by atoms with Gasteiger partial charge in [-0.2, -0.15) is 0 Å². The molecule has 1 aliphatic heterocycles. The monoisotopic (exact) mass is 816 g/mol. The van der Waals surface area contributed by atoms with Crippen LogP contribution < -0.4 is 10.9 Å². The van der Waals surface area contributed by atoms with Crippen LogP contribution in [-0.2, 0) is 41.1 Å². The summed E-state index contributed by atoms with van der Waals surface area (Å²) in [4.78, 5) is 31.8. The number of nitrogens with one attached hydrogen (secondary N) is 2. The number of aliphatic hydroxyl groups is 2. The maximum Gasteiger partial charge on any atom is 0.349 e. The van der Waals surface area contributed by atoms with E-state index in [0.717, 1.165) is 85.8 Å². The fourth-order valence-electron chi connectivity index (χ4n) is 9.62. The summed E-state index contributed by atoms with van der Waals surface area (Å²) in [7, 11) is 0. The molecule has 1 saturated heterocycles. The Morgan fingerprint density at radius 2 is 1.88 bits per heavy atom. The summed E-state index contributed by atoms with van der Waals surface area (Å²) in [6, 6.07) is 21.8. The van der Waals surface area contributed by atoms with Gasteiger partial charge in [0.25, 0.3) is 0 Å². The van der Waals surface area contributed by atoms with E-state index >= 15 is 0 Å². The highest BCUT2D eigenvalue weighted by Crippen LogP contribution is 2.51. The Morgan fingerprint density at radius 1 is 1.03 bits per heavy atom. The summed E-state index contributed by atoms with van der Waals surface area (Å²) >= 11 is 2.80. The number of carbonyl (C=O) groups excluding carboxylic acids is 1. The molecule has 0 amide bonds. The largest absolute Gasteiger partial charge is 0.506 e. The quantitative estimate of drug-likeness (QED) is 0.0886. The number of phenols is 1. The van der Waals surface area contributed by atoms with Crippen molar-refractivity contribution in [2.24, 2.45) is 5.41 Å². The van der Waals surface area contributed by atoms with Crippen LogP contribution in [-0.4, -0.2) is 78.4 Å². The van der Waals surface area contributed by atoms with Crippen molar-refractivity contribution in [1.29, 1.82) is 0 Å². The van der Waals surface area contributed by atoms with Gasteiger partial charge in [-0.3, -0.25) is 4.79 Å². The maximum atomic E-state index is 13.7. The van der Waals surface area contributed by atoms with E-state index < -0.39 is 17.7 Å². The van der Waals surface area contributed by atoms with Crippen LogP contribution in [0.2, 0.25) is 0 Å². The minimum atomic E-state index is -1.82. The lowest BCUT2D eigenvalue weighted by atomic mass is 9.61. The Kier molecular flexibility index (Phi) is 9.46. The molecule has 1 saturated carbocycles. The molecule has 0 radical (unpaired) electrons. The lowest BCUT2D eigenvalue weighted by Crippen LogP contribution is -2.64. The van der Waals surface area contributed by atoms with Gasteiger partial charge in [-0.1, -0.05) is 35.5 Å². The number of rotatable bonds is 13. The second kappa shape index (κ2) is 14.7. The molecular weight excluding hydrogens is 773 g/mol. The number of aliphatic hydroxyl groups excluding tert-OH is 1. The second-order valence-corrected chi connectivity index (χ2v) is 18.3. The molecule has 12 nitrogen and oxygen atoms in total. The summed E-state index contributed by atoms with van der Waals surface area (Å²) in [5.74, 6) is -0.623. The highest BCUT2D eigenvalue weighted by Gasteiger charge is 2.55. The number of benzene rings is 3. The van der Waals surface area contributed by atoms with Crippen LogP contribution >= 0.6 is 22.7 Å². The van der Waals surface area contributed by atoms with Crippen LogP contribution in [0.4, 0.5) is 0 Å². The van der Waals surface area contributed by atoms with Crippen LogP contribution in [0.25, 0.3) is 32.0 Å². The van der Waals surface area contributed by atoms with E-state index in [2.05, 4.69) is 36.3 Å². The molecule has 2 fully saturated rings. The Bertz CT molecular complexity index is 2700. The van der Waals surface area contributed by atoms with Crippen molar-refractivity contribution in [1.82, 2.24) is 30.2 Å². The van der Waals surface area contributed by atoms with E-state index in [1.165, 1.54) is 51.5 Å². The number of hydrogen-bond acceptors (Lipinski definition) is 12. The number of fused-ring (bicyclic) bond motifs is 5. The number of aromatic nitrogens is 4. The van der Waals surface area contributed by atoms with Gasteiger partial charge >= 0.3 is 5.97 Å². The number of likely N-dealkylation sites (tertiary alicyclic amines) is 1. The van der Waals surface area contributed by atoms with Gasteiger partial charge in [0.2, 0.25) is 11.2 Å². The molecule has 58 heavy (non-hydrogen) atoms. The first-order valence-electron chi connectivity index (χ1n) is 20.0. The van der Waals surface area contributed by atoms with E-state index in [-0.39, 0.29) is 22.8 Å². The normalized spacial score (nSPS) is 18.0. The minimum Gasteiger partial charge on any atom is -0.506 e. The third-order valence-corrected chi connectivity index (χ3v) is 14.6. The smallest absolute Gasteiger partial charge is 0.349 e. The standard InChI is InChI=1S/C44H44N6O6S2/c51-34-13-11-30(31-12-14-39(53)46-40(31)34)35(52)23-45-22-27-18-33-41(32-8-3-7-29(27)32)50(48-47-33)16-5-15-49-24-43(25-49)20-28(21-43)56-42(54)44(55,37-10-4-17-57-37)38-19-26-6-1-2-9-36(26)58-38/h1-2,4,6,9-14,17-19,28,35,45,51-52,55H,3,5,7-8,15-16,20-25H2,(H,46,53)/t35-,44+/m0/s1. The molecule has 5 heterocycles. The van der Waals surface area contributed by atoms with Crippen molar-refractivity contribution in [2.45, 2.75) is 69.4 Å². The molecule has 2 atom stereocenters. The summed E-state index contributed by atoms with van der Waals surface area (Å²) < 4.78 is 9.13. The summed E-state index contributed by atoms with van der Waals surface area (Å²) in [6.07, 6.45) is 4.61. The number of aryl methyl sites for hydroxylation is 2. The topological polar surface area (TPSA) is 166 Å². The van der Waals surface area contributed by atoms with Crippen LogP contribution in [0.1, 0.15) is 63.8 Å². The number of H-pyrrole nitrogens is 1. The number of carbonyl (C=O) groups is 1. The van der Waals surface area contributed by atoms with E-state index in [0.29, 0.717) is 39.3 Å². The third kappa shape index (κ3) is 6.52. The lowest BCUT2D eigenvalue weighted by Gasteiger charge is -2.58. The van der Waals surface area contributed by atoms with Crippen LogP contribution in [0, 0.1) is 5.41 Å². The molecule has 5 N–H and O–H groups in total. The van der Waals surface area contributed by atoms with Gasteiger partial charge in [0, 0.05) is 54.3 Å². The molecule has 4 aromatic heterocycles. The van der Waals surface area contributed by atoms with E-state index in [4.69, 9.17) is 4.74 Å². The Hall–Kier alpha value is -4.96. The zero-order valence-electron chi connectivity index (χ0n) is 31.8. The number of phenolic OH excluding ortho intramolecular Hbond substituents is 1. The van der Waals surface area contributed by atoms with Crippen molar-refractivity contribution in [3.8, 4) is 5.75 Å². The molecule has 1 spiro atoms. The third-order valence-electron chi connectivity index (χ3n) is 12.4. The number of aromatic hydroxyl groups is 1. The average Bonchev–Trinajstić information content (AvgIpc) is 4.03. The number of nitrogens with zero attached hydrogens (tertiary/aromatic N) is 4. The molecule has 7 aromatic rings. The number of aromatic amines is 1. The summed E-state index contributed by atoms with van der Waals surface area (Å²) in [5, 5.41) is 49.3. The van der Waals surface area contributed by atoms with Crippen molar-refractivity contribution in [3.63, 3.8) is 0 Å². The fraction of sp³-hybridized carbons (Fsp3) is 0.364. The van der Waals surface area contributed by atoms with Crippen molar-refractivity contribution < 1.29 is 24.9 Å². The number of ether oxygens (including phenoxy) is 1. The van der Waals surface area contributed by atoms with Crippen molar-refractivity contribution >= 4 is 60.7 Å². The first-order chi connectivity index (χ1) is 28.2. The van der Waals surface area contributed by atoms with Gasteiger partial charge in [-0.05, 0) is 114 Å². The van der Waals surface area contributed by atoms with Crippen molar-refractivity contribution in [3.05, 3.63) is 121 Å². The van der Waals surface area contributed by atoms with Crippen LogP contribution in [0.15, 0.2) is 83.0 Å². The number of thiophene rings is 2. The zero-order chi connectivity index (χ0) is 39.6. The fourth-order valence-corrected chi connectivity index (χ4v) is 11.7. The second-order valence-electron chi connectivity index (χ2n) is 16.3. The van der Waals surface area contributed by atoms with Crippen LogP contribution in [0.5, 0.6) is 5.75 Å². The van der Waals surface area contributed by atoms with Gasteiger partial charge in [-0.15, -0.1) is 27.8 Å². The summed E-state index contributed by atoms with van der Waals surface area (Å²) in [5.41, 5.74) is 4.84. The predicted molar refractivity (Wildman–Crippen MR) is 224 cm³/mol. The van der Waals surface area contributed by atoms with Crippen molar-refractivity contribution in [2.75, 3.05) is 26.2 Å². The minimum absolute atomic E-state index is 0.0311. The highest BCUT2D eigenvalue weighted by molar-refractivity contribution is 7.19. The summed E-state index contributed by atoms with van der Waals surface area (Å²) in [6.45, 7) is 4.57. The molecule has 2 aliphatic carbocycles. The first-order valence-corrected chi connectivity index (χ1v) is 21.7. The van der Waals surface area contributed by atoms with Gasteiger partial charge < -0.3 is 35.3 Å². The zero-order valence-corrected chi connectivity index (χ0v) is 33.5. The maximum absolute atomic E-state index is 13.7. The average molecular weight is 817 g/mol. The first kappa shape index (κ1) is 37.3. The molecule has 3 aliphatic rings. The Labute approximate surface area is 341 Å². The number of esters is 1. The Balaban J connectivity index is 0.724. The predicted octanol–water partition coefficient (Wildman–Crippen LogP) is 5.90. The van der Waals surface area contributed by atoms with Gasteiger partial charge in [0.15, 0.2) is 0 Å². The van der Waals surface area contributed by atoms with E-state index in [1.807, 2.05) is 41.8 Å². The molecule has 3 aromatic carbocycles. The molecule has 0 unspecified atom stereocenters.